The summed E-state index contributed by atoms with van der Waals surface area (Å²) in [5.74, 6) is 1.30. The van der Waals surface area contributed by atoms with Gasteiger partial charge in [0.1, 0.15) is 11.4 Å². The number of para-hydroxylation sites is 1. The van der Waals surface area contributed by atoms with Gasteiger partial charge in [-0.2, -0.15) is 0 Å². The van der Waals surface area contributed by atoms with Crippen LogP contribution in [-0.4, -0.2) is 37.2 Å². The fourth-order valence-electron chi connectivity index (χ4n) is 3.20. The average molecular weight is 377 g/mol. The first-order valence-corrected chi connectivity index (χ1v) is 8.62. The molecule has 4 rings (SSSR count). The summed E-state index contributed by atoms with van der Waals surface area (Å²) in [5.41, 5.74) is 2.47. The van der Waals surface area contributed by atoms with Crippen LogP contribution < -0.4 is 19.5 Å². The first-order valence-electron chi connectivity index (χ1n) is 8.62. The van der Waals surface area contributed by atoms with Crippen LogP contribution in [-0.2, 0) is 0 Å². The Morgan fingerprint density at radius 3 is 2.54 bits per heavy atom. The van der Waals surface area contributed by atoms with Gasteiger partial charge >= 0.3 is 0 Å². The molecule has 7 nitrogen and oxygen atoms in total. The fourth-order valence-corrected chi connectivity index (χ4v) is 3.20. The van der Waals surface area contributed by atoms with Crippen LogP contribution in [0.5, 0.6) is 17.2 Å². The van der Waals surface area contributed by atoms with Gasteiger partial charge in [-0.3, -0.25) is 9.78 Å². The van der Waals surface area contributed by atoms with Crippen LogP contribution >= 0.6 is 0 Å². The van der Waals surface area contributed by atoms with E-state index in [1.807, 2.05) is 30.3 Å². The van der Waals surface area contributed by atoms with E-state index in [0.29, 0.717) is 34.1 Å². The van der Waals surface area contributed by atoms with Gasteiger partial charge < -0.3 is 24.5 Å². The van der Waals surface area contributed by atoms with Crippen molar-refractivity contribution < 1.29 is 19.0 Å². The molecule has 0 atom stereocenters. The summed E-state index contributed by atoms with van der Waals surface area (Å²) in [4.78, 5) is 20.3. The fraction of sp³-hybridized carbons (Fsp3) is 0.143. The summed E-state index contributed by atoms with van der Waals surface area (Å²) in [7, 11) is 4.66. The Morgan fingerprint density at radius 1 is 1.00 bits per heavy atom. The van der Waals surface area contributed by atoms with E-state index >= 15 is 0 Å². The Balaban J connectivity index is 1.72. The molecule has 0 saturated carbocycles. The molecule has 2 heterocycles. The number of fused-ring (bicyclic) bond motifs is 2. The molecule has 28 heavy (non-hydrogen) atoms. The second kappa shape index (κ2) is 7.11. The number of rotatable bonds is 5. The summed E-state index contributed by atoms with van der Waals surface area (Å²) >= 11 is 0. The minimum Gasteiger partial charge on any atom is -0.496 e. The molecule has 0 bridgehead atoms. The van der Waals surface area contributed by atoms with Gasteiger partial charge in [-0.1, -0.05) is 18.2 Å². The maximum absolute atomic E-state index is 12.8. The number of nitrogens with zero attached hydrogens (tertiary/aromatic N) is 1. The first-order chi connectivity index (χ1) is 13.6. The monoisotopic (exact) mass is 377 g/mol. The normalized spacial score (nSPS) is 10.8. The SMILES string of the molecule is COc1cc(OC)c2cc(C(=O)Nc3cnc4ccccc4c3)[nH]c2c1OC. The molecule has 0 fully saturated rings. The number of aromatic amines is 1. The van der Waals surface area contributed by atoms with Crippen molar-refractivity contribution in [3.8, 4) is 17.2 Å². The number of H-pyrrole nitrogens is 1. The molecule has 2 aromatic heterocycles. The lowest BCUT2D eigenvalue weighted by Gasteiger charge is -2.11. The van der Waals surface area contributed by atoms with Gasteiger partial charge in [0.25, 0.3) is 5.91 Å². The van der Waals surface area contributed by atoms with Crippen LogP contribution in [0.2, 0.25) is 0 Å². The van der Waals surface area contributed by atoms with Crippen molar-refractivity contribution in [1.82, 2.24) is 9.97 Å². The van der Waals surface area contributed by atoms with E-state index in [1.165, 1.54) is 0 Å². The van der Waals surface area contributed by atoms with Crippen molar-refractivity contribution in [3.05, 3.63) is 54.4 Å². The number of methoxy groups -OCH3 is 3. The molecule has 0 aliphatic carbocycles. The maximum atomic E-state index is 12.8. The number of anilines is 1. The van der Waals surface area contributed by atoms with Gasteiger partial charge in [-0.15, -0.1) is 0 Å². The lowest BCUT2D eigenvalue weighted by atomic mass is 10.2. The molecular formula is C21H19N3O4. The molecule has 0 saturated heterocycles. The molecule has 142 valence electrons. The van der Waals surface area contributed by atoms with E-state index in [2.05, 4.69) is 15.3 Å². The van der Waals surface area contributed by atoms with Crippen LogP contribution in [0, 0.1) is 0 Å². The van der Waals surface area contributed by atoms with E-state index in [1.54, 1.807) is 39.7 Å². The van der Waals surface area contributed by atoms with E-state index < -0.39 is 0 Å². The molecule has 0 unspecified atom stereocenters. The summed E-state index contributed by atoms with van der Waals surface area (Å²) < 4.78 is 16.2. The second-order valence-corrected chi connectivity index (χ2v) is 6.16. The van der Waals surface area contributed by atoms with Crippen molar-refractivity contribution in [2.45, 2.75) is 0 Å². The van der Waals surface area contributed by atoms with Crippen molar-refractivity contribution >= 4 is 33.4 Å². The number of aromatic nitrogens is 2. The quantitative estimate of drug-likeness (QED) is 0.549. The van der Waals surface area contributed by atoms with Crippen molar-refractivity contribution in [1.29, 1.82) is 0 Å². The van der Waals surface area contributed by atoms with Gasteiger partial charge in [0, 0.05) is 16.8 Å². The third-order valence-corrected chi connectivity index (χ3v) is 4.53. The highest BCUT2D eigenvalue weighted by atomic mass is 16.5. The minimum absolute atomic E-state index is 0.295. The predicted octanol–water partition coefficient (Wildman–Crippen LogP) is 3.99. The topological polar surface area (TPSA) is 85.5 Å². The van der Waals surface area contributed by atoms with E-state index in [-0.39, 0.29) is 5.91 Å². The zero-order valence-corrected chi connectivity index (χ0v) is 15.7. The molecule has 1 amide bonds. The lowest BCUT2D eigenvalue weighted by molar-refractivity contribution is 0.102. The van der Waals surface area contributed by atoms with Crippen LogP contribution in [0.3, 0.4) is 0 Å². The number of nitrogens with one attached hydrogen (secondary N) is 2. The van der Waals surface area contributed by atoms with Crippen LogP contribution in [0.4, 0.5) is 5.69 Å². The number of carbonyl (C=O) groups excluding carboxylic acids is 1. The van der Waals surface area contributed by atoms with Gasteiger partial charge in [0.15, 0.2) is 11.5 Å². The van der Waals surface area contributed by atoms with Gasteiger partial charge in [0.05, 0.1) is 44.2 Å². The molecule has 0 aliphatic heterocycles. The minimum atomic E-state index is -0.295. The van der Waals surface area contributed by atoms with Gasteiger partial charge in [-0.25, -0.2) is 0 Å². The molecule has 0 spiro atoms. The summed E-state index contributed by atoms with van der Waals surface area (Å²) in [6.07, 6.45) is 1.63. The Kier molecular flexibility index (Phi) is 4.49. The standard InChI is InChI=1S/C21H19N3O4/c1-26-17-10-18(27-2)20(28-3)19-14(17)9-16(24-19)21(25)23-13-8-12-6-4-5-7-15(12)22-11-13/h4-11,24H,1-3H3,(H,23,25). The molecular weight excluding hydrogens is 358 g/mol. The zero-order chi connectivity index (χ0) is 19.7. The van der Waals surface area contributed by atoms with Crippen molar-refractivity contribution in [3.63, 3.8) is 0 Å². The third kappa shape index (κ3) is 2.96. The Morgan fingerprint density at radius 2 is 1.79 bits per heavy atom. The largest absolute Gasteiger partial charge is 0.496 e. The van der Waals surface area contributed by atoms with E-state index in [9.17, 15) is 4.79 Å². The lowest BCUT2D eigenvalue weighted by Crippen LogP contribution is -2.12. The first kappa shape index (κ1) is 17.7. The molecule has 4 aromatic rings. The zero-order valence-electron chi connectivity index (χ0n) is 15.7. The predicted molar refractivity (Wildman–Crippen MR) is 108 cm³/mol. The molecule has 2 aromatic carbocycles. The maximum Gasteiger partial charge on any atom is 0.272 e. The highest BCUT2D eigenvalue weighted by molar-refractivity contribution is 6.08. The van der Waals surface area contributed by atoms with E-state index in [0.717, 1.165) is 16.3 Å². The average Bonchev–Trinajstić information content (AvgIpc) is 3.17. The Labute approximate surface area is 161 Å². The Bertz CT molecular complexity index is 1180. The number of ether oxygens (including phenoxy) is 3. The second-order valence-electron chi connectivity index (χ2n) is 6.16. The van der Waals surface area contributed by atoms with Crippen molar-refractivity contribution in [2.24, 2.45) is 0 Å². The van der Waals surface area contributed by atoms with E-state index in [4.69, 9.17) is 14.2 Å². The molecule has 0 aliphatic rings. The Hall–Kier alpha value is -3.74. The number of amides is 1. The van der Waals surface area contributed by atoms with Crippen LogP contribution in [0.25, 0.3) is 21.8 Å². The number of hydrogen-bond donors (Lipinski definition) is 2. The number of hydrogen-bond acceptors (Lipinski definition) is 5. The number of benzene rings is 2. The smallest absolute Gasteiger partial charge is 0.272 e. The van der Waals surface area contributed by atoms with Crippen LogP contribution in [0.15, 0.2) is 48.7 Å². The summed E-state index contributed by atoms with van der Waals surface area (Å²) in [6.45, 7) is 0. The third-order valence-electron chi connectivity index (χ3n) is 4.53. The van der Waals surface area contributed by atoms with Gasteiger partial charge in [0.2, 0.25) is 0 Å². The van der Waals surface area contributed by atoms with Crippen molar-refractivity contribution in [2.75, 3.05) is 26.6 Å². The summed E-state index contributed by atoms with van der Waals surface area (Å²) in [6, 6.07) is 13.1. The highest BCUT2D eigenvalue weighted by Crippen LogP contribution is 2.41. The number of carbonyl (C=O) groups is 1. The molecule has 2 N–H and O–H groups in total. The molecule has 0 radical (unpaired) electrons. The highest BCUT2D eigenvalue weighted by Gasteiger charge is 2.19. The number of pyridine rings is 1. The summed E-state index contributed by atoms with van der Waals surface area (Å²) in [5, 5.41) is 4.54. The van der Waals surface area contributed by atoms with Crippen LogP contribution in [0.1, 0.15) is 10.5 Å². The molecule has 7 heteroatoms. The van der Waals surface area contributed by atoms with Gasteiger partial charge in [-0.05, 0) is 18.2 Å².